The summed E-state index contributed by atoms with van der Waals surface area (Å²) >= 11 is 0. The number of aryl methyl sites for hydroxylation is 3. The number of carbonyl (C=O) groups is 2. The maximum Gasteiger partial charge on any atom is 0.247 e. The van der Waals surface area contributed by atoms with Gasteiger partial charge >= 0.3 is 0 Å². The number of nitrogens with two attached hydrogens (primary N) is 1. The largest absolute Gasteiger partial charge is 0.456 e. The summed E-state index contributed by atoms with van der Waals surface area (Å²) in [5, 5.41) is 7.88. The van der Waals surface area contributed by atoms with Gasteiger partial charge in [0.1, 0.15) is 22.7 Å². The van der Waals surface area contributed by atoms with Gasteiger partial charge in [-0.2, -0.15) is 5.10 Å². The van der Waals surface area contributed by atoms with E-state index in [4.69, 9.17) is 10.5 Å². The van der Waals surface area contributed by atoms with Crippen molar-refractivity contribution in [3.8, 4) is 11.5 Å². The number of hydrogen-bond donors (Lipinski definition) is 2. The quantitative estimate of drug-likeness (QED) is 0.393. The average Bonchev–Trinajstić information content (AvgIpc) is 3.56. The van der Waals surface area contributed by atoms with Crippen LogP contribution in [0.15, 0.2) is 48.7 Å². The van der Waals surface area contributed by atoms with Crippen LogP contribution in [-0.2, 0) is 9.59 Å². The summed E-state index contributed by atoms with van der Waals surface area (Å²) in [6.45, 7) is 5.61. The number of aromatic amines is 1. The molecule has 1 aliphatic carbocycles. The first kappa shape index (κ1) is 22.5. The van der Waals surface area contributed by atoms with Crippen LogP contribution in [0.2, 0.25) is 0 Å². The standard InChI is InChI=1S/C26H24FN5O3/c1-14-13-21(35-20-8-11-29-23-22(20)16(3)30-31-23)15(2)12-19(14)32(18-6-4-17(27)5-7-18)25(34)26(9-10-26)24(28)33/h4-8,11-13H,9-10H2,1-3H3,(H2,28,33)(H,29,30,31). The maximum atomic E-state index is 13.6. The van der Waals surface area contributed by atoms with E-state index >= 15 is 0 Å². The normalized spacial score (nSPS) is 14.1. The van der Waals surface area contributed by atoms with Gasteiger partial charge in [-0.15, -0.1) is 0 Å². The Morgan fingerprint density at radius 2 is 1.77 bits per heavy atom. The third kappa shape index (κ3) is 3.78. The minimum atomic E-state index is -1.24. The Hall–Kier alpha value is -4.27. The molecular weight excluding hydrogens is 449 g/mol. The number of benzene rings is 2. The molecule has 2 heterocycles. The lowest BCUT2D eigenvalue weighted by Crippen LogP contribution is -2.41. The highest BCUT2D eigenvalue weighted by atomic mass is 19.1. The van der Waals surface area contributed by atoms with Gasteiger partial charge in [0.05, 0.1) is 11.1 Å². The Morgan fingerprint density at radius 3 is 2.43 bits per heavy atom. The van der Waals surface area contributed by atoms with E-state index in [0.29, 0.717) is 41.4 Å². The summed E-state index contributed by atoms with van der Waals surface area (Å²) in [7, 11) is 0. The number of rotatable bonds is 6. The van der Waals surface area contributed by atoms with E-state index in [-0.39, 0.29) is 0 Å². The van der Waals surface area contributed by atoms with Crippen molar-refractivity contribution in [3.05, 3.63) is 71.3 Å². The zero-order valence-corrected chi connectivity index (χ0v) is 19.6. The molecule has 5 rings (SSSR count). The number of carbonyl (C=O) groups excluding carboxylic acids is 2. The predicted molar refractivity (Wildman–Crippen MR) is 129 cm³/mol. The van der Waals surface area contributed by atoms with Crippen LogP contribution in [0.25, 0.3) is 11.0 Å². The number of ether oxygens (including phenoxy) is 1. The molecule has 0 bridgehead atoms. The molecule has 1 aliphatic rings. The zero-order chi connectivity index (χ0) is 24.9. The van der Waals surface area contributed by atoms with E-state index in [9.17, 15) is 14.0 Å². The molecule has 0 spiro atoms. The van der Waals surface area contributed by atoms with Crippen LogP contribution in [0.5, 0.6) is 11.5 Å². The summed E-state index contributed by atoms with van der Waals surface area (Å²) in [6.07, 6.45) is 2.41. The molecule has 0 saturated heterocycles. The SMILES string of the molecule is Cc1cc(N(C(=O)C2(C(N)=O)CC2)c2ccc(F)cc2)c(C)cc1Oc1ccnc2n[nH]c(C)c12. The van der Waals surface area contributed by atoms with Crippen molar-refractivity contribution in [3.63, 3.8) is 0 Å². The first-order chi connectivity index (χ1) is 16.7. The molecule has 0 unspecified atom stereocenters. The molecule has 0 radical (unpaired) electrons. The van der Waals surface area contributed by atoms with Crippen molar-refractivity contribution in [2.75, 3.05) is 4.90 Å². The highest BCUT2D eigenvalue weighted by Gasteiger charge is 2.57. The molecule has 2 aromatic carbocycles. The fraction of sp³-hybridized carbons (Fsp3) is 0.231. The van der Waals surface area contributed by atoms with Crippen LogP contribution in [0.4, 0.5) is 15.8 Å². The smallest absolute Gasteiger partial charge is 0.247 e. The third-order valence-electron chi connectivity index (χ3n) is 6.47. The zero-order valence-electron chi connectivity index (χ0n) is 19.6. The van der Waals surface area contributed by atoms with Crippen molar-refractivity contribution in [1.82, 2.24) is 15.2 Å². The molecule has 4 aromatic rings. The van der Waals surface area contributed by atoms with E-state index < -0.39 is 23.0 Å². The number of hydrogen-bond acceptors (Lipinski definition) is 5. The van der Waals surface area contributed by atoms with Crippen LogP contribution in [-0.4, -0.2) is 27.0 Å². The van der Waals surface area contributed by atoms with Crippen LogP contribution >= 0.6 is 0 Å². The highest BCUT2D eigenvalue weighted by Crippen LogP contribution is 2.49. The summed E-state index contributed by atoms with van der Waals surface area (Å²) in [5.74, 6) is -0.290. The van der Waals surface area contributed by atoms with Crippen molar-refractivity contribution in [1.29, 1.82) is 0 Å². The average molecular weight is 474 g/mol. The molecular formula is C26H24FN5O3. The molecule has 2 amide bonds. The molecule has 3 N–H and O–H groups in total. The molecule has 1 fully saturated rings. The Labute approximate surface area is 200 Å². The molecule has 9 heteroatoms. The Bertz CT molecular complexity index is 1470. The molecule has 1 saturated carbocycles. The molecule has 0 aliphatic heterocycles. The molecule has 0 atom stereocenters. The van der Waals surface area contributed by atoms with Crippen LogP contribution in [0, 0.1) is 32.0 Å². The fourth-order valence-corrected chi connectivity index (χ4v) is 4.25. The fourth-order valence-electron chi connectivity index (χ4n) is 4.25. The number of nitrogens with one attached hydrogen (secondary N) is 1. The number of halogens is 1. The molecule has 8 nitrogen and oxygen atoms in total. The number of primary amides is 1. The minimum Gasteiger partial charge on any atom is -0.456 e. The van der Waals surface area contributed by atoms with E-state index in [0.717, 1.165) is 22.2 Å². The number of H-pyrrole nitrogens is 1. The second-order valence-corrected chi connectivity index (χ2v) is 8.93. The van der Waals surface area contributed by atoms with Gasteiger partial charge in [0.15, 0.2) is 5.65 Å². The number of aromatic nitrogens is 3. The van der Waals surface area contributed by atoms with Gasteiger partial charge in [-0.05, 0) is 87.2 Å². The lowest BCUT2D eigenvalue weighted by atomic mass is 10.0. The number of fused-ring (bicyclic) bond motifs is 1. The van der Waals surface area contributed by atoms with Gasteiger partial charge in [-0.3, -0.25) is 19.6 Å². The third-order valence-corrected chi connectivity index (χ3v) is 6.47. The minimum absolute atomic E-state index is 0.389. The van der Waals surface area contributed by atoms with Crippen molar-refractivity contribution >= 4 is 34.2 Å². The lowest BCUT2D eigenvalue weighted by Gasteiger charge is -2.28. The van der Waals surface area contributed by atoms with E-state index in [2.05, 4.69) is 15.2 Å². The van der Waals surface area contributed by atoms with E-state index in [1.54, 1.807) is 12.3 Å². The Morgan fingerprint density at radius 1 is 1.06 bits per heavy atom. The topological polar surface area (TPSA) is 114 Å². The van der Waals surface area contributed by atoms with Crippen molar-refractivity contribution < 1.29 is 18.7 Å². The van der Waals surface area contributed by atoms with Gasteiger partial charge in [0.2, 0.25) is 11.8 Å². The number of nitrogens with zero attached hydrogens (tertiary/aromatic N) is 3. The molecule has 35 heavy (non-hydrogen) atoms. The second-order valence-electron chi connectivity index (χ2n) is 8.93. The predicted octanol–water partition coefficient (Wildman–Crippen LogP) is 4.74. The molecule has 178 valence electrons. The first-order valence-corrected chi connectivity index (χ1v) is 11.2. The van der Waals surface area contributed by atoms with Crippen molar-refractivity contribution in [2.24, 2.45) is 11.1 Å². The second kappa shape index (κ2) is 8.19. The van der Waals surface area contributed by atoms with Crippen LogP contribution < -0.4 is 15.4 Å². The van der Waals surface area contributed by atoms with Gasteiger partial charge in [0.25, 0.3) is 0 Å². The van der Waals surface area contributed by atoms with Gasteiger partial charge in [-0.25, -0.2) is 9.37 Å². The van der Waals surface area contributed by atoms with Crippen molar-refractivity contribution in [2.45, 2.75) is 33.6 Å². The lowest BCUT2D eigenvalue weighted by molar-refractivity contribution is -0.133. The van der Waals surface area contributed by atoms with Crippen LogP contribution in [0.1, 0.15) is 29.7 Å². The van der Waals surface area contributed by atoms with Gasteiger partial charge in [-0.1, -0.05) is 0 Å². The number of anilines is 2. The highest BCUT2D eigenvalue weighted by molar-refractivity contribution is 6.16. The number of amides is 2. The number of pyridine rings is 1. The van der Waals surface area contributed by atoms with E-state index in [1.807, 2.05) is 32.9 Å². The maximum absolute atomic E-state index is 13.6. The Kier molecular flexibility index (Phi) is 5.27. The summed E-state index contributed by atoms with van der Waals surface area (Å²) < 4.78 is 19.9. The molecule has 2 aromatic heterocycles. The summed E-state index contributed by atoms with van der Waals surface area (Å²) in [4.78, 5) is 31.5. The van der Waals surface area contributed by atoms with E-state index in [1.165, 1.54) is 29.2 Å². The Balaban J connectivity index is 1.58. The first-order valence-electron chi connectivity index (χ1n) is 11.2. The summed E-state index contributed by atoms with van der Waals surface area (Å²) in [5.41, 5.74) is 8.26. The monoisotopic (exact) mass is 473 g/mol. The van der Waals surface area contributed by atoms with Gasteiger partial charge < -0.3 is 10.5 Å². The van der Waals surface area contributed by atoms with Crippen LogP contribution in [0.3, 0.4) is 0 Å². The summed E-state index contributed by atoms with van der Waals surface area (Å²) in [6, 6.07) is 11.0. The van der Waals surface area contributed by atoms with Gasteiger partial charge in [0, 0.05) is 17.6 Å².